The summed E-state index contributed by atoms with van der Waals surface area (Å²) in [6.07, 6.45) is 0.780. The molecule has 0 aromatic heterocycles. The van der Waals surface area contributed by atoms with Crippen LogP contribution in [-0.2, 0) is 6.42 Å². The second-order valence-electron chi connectivity index (χ2n) is 4.37. The number of nitrogens with one attached hydrogen (secondary N) is 1. The number of thioether (sulfide) groups is 1. The Hall–Kier alpha value is -2.20. The summed E-state index contributed by atoms with van der Waals surface area (Å²) in [5, 5.41) is 16.0. The molecule has 0 saturated carbocycles. The first-order valence-corrected chi connectivity index (χ1v) is 7.18. The highest BCUT2D eigenvalue weighted by molar-refractivity contribution is 8.15. The molecule has 1 unspecified atom stereocenters. The van der Waals surface area contributed by atoms with E-state index in [9.17, 15) is 5.26 Å². The number of ether oxygens (including phenoxy) is 2. The Morgan fingerprint density at radius 2 is 2.10 bits per heavy atom. The summed E-state index contributed by atoms with van der Waals surface area (Å²) in [5.41, 5.74) is 7.95. The van der Waals surface area contributed by atoms with E-state index in [4.69, 9.17) is 20.6 Å². The number of rotatable bonds is 4. The second-order valence-corrected chi connectivity index (χ2v) is 5.52. The lowest BCUT2D eigenvalue weighted by molar-refractivity contribution is 0.354. The molecular weight excluding hydrogens is 288 g/mol. The van der Waals surface area contributed by atoms with E-state index >= 15 is 0 Å². The van der Waals surface area contributed by atoms with Crippen LogP contribution in [0.2, 0.25) is 0 Å². The smallest absolute Gasteiger partial charge is 0.161 e. The minimum absolute atomic E-state index is 0.100. The van der Waals surface area contributed by atoms with Crippen LogP contribution in [0.3, 0.4) is 0 Å². The topological polar surface area (TPSA) is 104 Å². The number of fused-ring (bicyclic) bond motifs is 1. The normalized spacial score (nSPS) is 14.4. The Morgan fingerprint density at radius 3 is 2.67 bits per heavy atom. The van der Waals surface area contributed by atoms with E-state index < -0.39 is 5.25 Å². The van der Waals surface area contributed by atoms with Gasteiger partial charge in [0.25, 0.3) is 0 Å². The van der Waals surface area contributed by atoms with Gasteiger partial charge in [-0.25, -0.2) is 0 Å². The molecule has 1 aromatic carbocycles. The SMILES string of the molecule is COc1cc2c(cc1OC)C(C(C#N)SC(=N)N)=NCC2. The molecule has 0 radical (unpaired) electrons. The van der Waals surface area contributed by atoms with E-state index in [1.807, 2.05) is 12.1 Å². The van der Waals surface area contributed by atoms with Gasteiger partial charge in [-0.3, -0.25) is 10.4 Å². The first-order valence-electron chi connectivity index (χ1n) is 6.30. The summed E-state index contributed by atoms with van der Waals surface area (Å²) in [4.78, 5) is 4.45. The average Bonchev–Trinajstić information content (AvgIpc) is 2.50. The van der Waals surface area contributed by atoms with Gasteiger partial charge in [-0.15, -0.1) is 0 Å². The standard InChI is InChI=1S/C14H16N4O2S/c1-19-10-5-8-3-4-18-13(9(8)6-11(10)20-2)12(7-15)21-14(16)17/h5-6,12H,3-4H2,1-2H3,(H3,16,17). The highest BCUT2D eigenvalue weighted by Gasteiger charge is 2.25. The molecule has 1 aromatic rings. The number of hydrogen-bond acceptors (Lipinski definition) is 6. The minimum Gasteiger partial charge on any atom is -0.493 e. The van der Waals surface area contributed by atoms with E-state index in [0.717, 1.165) is 29.3 Å². The number of nitrogens with zero attached hydrogens (tertiary/aromatic N) is 2. The molecule has 6 nitrogen and oxygen atoms in total. The van der Waals surface area contributed by atoms with Gasteiger partial charge in [0.05, 0.1) is 26.0 Å². The molecule has 0 spiro atoms. The van der Waals surface area contributed by atoms with Crippen LogP contribution in [0.25, 0.3) is 0 Å². The third-order valence-electron chi connectivity index (χ3n) is 3.16. The Labute approximate surface area is 127 Å². The van der Waals surface area contributed by atoms with Crippen molar-refractivity contribution < 1.29 is 9.47 Å². The van der Waals surface area contributed by atoms with Gasteiger partial charge >= 0.3 is 0 Å². The molecule has 3 N–H and O–H groups in total. The molecule has 1 atom stereocenters. The van der Waals surface area contributed by atoms with Crippen molar-refractivity contribution in [2.75, 3.05) is 20.8 Å². The molecule has 1 heterocycles. The lowest BCUT2D eigenvalue weighted by Gasteiger charge is -2.21. The number of methoxy groups -OCH3 is 2. The highest BCUT2D eigenvalue weighted by Crippen LogP contribution is 2.34. The Bertz CT molecular complexity index is 637. The van der Waals surface area contributed by atoms with E-state index in [1.54, 1.807) is 14.2 Å². The summed E-state index contributed by atoms with van der Waals surface area (Å²) in [6, 6.07) is 5.89. The maximum Gasteiger partial charge on any atom is 0.161 e. The summed E-state index contributed by atoms with van der Waals surface area (Å²) in [7, 11) is 3.15. The van der Waals surface area contributed by atoms with Crippen molar-refractivity contribution in [1.82, 2.24) is 0 Å². The van der Waals surface area contributed by atoms with Crippen LogP contribution in [0.5, 0.6) is 11.5 Å². The molecule has 1 aliphatic rings. The maximum absolute atomic E-state index is 9.32. The predicted octanol–water partition coefficient (Wildman–Crippen LogP) is 1.57. The summed E-state index contributed by atoms with van der Waals surface area (Å²) in [6.45, 7) is 0.606. The van der Waals surface area contributed by atoms with Crippen LogP contribution in [0, 0.1) is 16.7 Å². The van der Waals surface area contributed by atoms with Gasteiger partial charge < -0.3 is 15.2 Å². The molecule has 0 amide bonds. The van der Waals surface area contributed by atoms with Crippen LogP contribution in [0.15, 0.2) is 17.1 Å². The van der Waals surface area contributed by atoms with Crippen LogP contribution in [-0.4, -0.2) is 36.9 Å². The third-order valence-corrected chi connectivity index (χ3v) is 3.98. The van der Waals surface area contributed by atoms with Gasteiger partial charge in [0.1, 0.15) is 5.25 Å². The highest BCUT2D eigenvalue weighted by atomic mass is 32.2. The summed E-state index contributed by atoms with van der Waals surface area (Å²) >= 11 is 0.990. The number of nitrogens with two attached hydrogens (primary N) is 1. The van der Waals surface area contributed by atoms with Crippen LogP contribution >= 0.6 is 11.8 Å². The van der Waals surface area contributed by atoms with Crippen LogP contribution in [0.4, 0.5) is 0 Å². The number of hydrogen-bond donors (Lipinski definition) is 2. The molecular formula is C14H16N4O2S. The molecule has 0 aliphatic carbocycles. The molecule has 2 rings (SSSR count). The van der Waals surface area contributed by atoms with Crippen molar-refractivity contribution in [3.05, 3.63) is 23.3 Å². The van der Waals surface area contributed by atoms with E-state index in [-0.39, 0.29) is 5.17 Å². The fraction of sp³-hybridized carbons (Fsp3) is 0.357. The zero-order valence-corrected chi connectivity index (χ0v) is 12.7. The lowest BCUT2D eigenvalue weighted by Crippen LogP contribution is -2.25. The van der Waals surface area contributed by atoms with E-state index in [0.29, 0.717) is 23.8 Å². The number of aliphatic imine (C=N–C) groups is 1. The summed E-state index contributed by atoms with van der Waals surface area (Å²) in [5.74, 6) is 1.25. The second kappa shape index (κ2) is 6.50. The average molecular weight is 304 g/mol. The quantitative estimate of drug-likeness (QED) is 0.649. The van der Waals surface area contributed by atoms with E-state index in [2.05, 4.69) is 11.1 Å². The predicted molar refractivity (Wildman–Crippen MR) is 83.6 cm³/mol. The molecule has 0 bridgehead atoms. The lowest BCUT2D eigenvalue weighted by atomic mass is 9.95. The van der Waals surface area contributed by atoms with Crippen LogP contribution < -0.4 is 15.2 Å². The fourth-order valence-corrected chi connectivity index (χ4v) is 2.86. The molecule has 1 aliphatic heterocycles. The molecule has 7 heteroatoms. The monoisotopic (exact) mass is 304 g/mol. The first kappa shape index (κ1) is 15.2. The Balaban J connectivity index is 2.47. The number of benzene rings is 1. The van der Waals surface area contributed by atoms with E-state index in [1.165, 1.54) is 0 Å². The van der Waals surface area contributed by atoms with Gasteiger partial charge in [-0.05, 0) is 24.1 Å². The third kappa shape index (κ3) is 3.11. The van der Waals surface area contributed by atoms with Crippen molar-refractivity contribution in [2.24, 2.45) is 10.7 Å². The van der Waals surface area contributed by atoms with Gasteiger partial charge in [-0.2, -0.15) is 5.26 Å². The van der Waals surface area contributed by atoms with Crippen molar-refractivity contribution in [1.29, 1.82) is 10.7 Å². The molecule has 110 valence electrons. The largest absolute Gasteiger partial charge is 0.493 e. The Morgan fingerprint density at radius 1 is 1.43 bits per heavy atom. The maximum atomic E-state index is 9.32. The van der Waals surface area contributed by atoms with Crippen molar-refractivity contribution in [2.45, 2.75) is 11.7 Å². The first-order chi connectivity index (χ1) is 10.1. The number of nitriles is 1. The van der Waals surface area contributed by atoms with Gasteiger partial charge in [0.15, 0.2) is 16.7 Å². The minimum atomic E-state index is -0.598. The van der Waals surface area contributed by atoms with Crippen LogP contribution in [0.1, 0.15) is 11.1 Å². The molecule has 0 fully saturated rings. The van der Waals surface area contributed by atoms with Gasteiger partial charge in [0, 0.05) is 12.1 Å². The Kier molecular flexibility index (Phi) is 4.70. The van der Waals surface area contributed by atoms with Crippen molar-refractivity contribution in [3.63, 3.8) is 0 Å². The zero-order valence-electron chi connectivity index (χ0n) is 11.8. The van der Waals surface area contributed by atoms with Crippen molar-refractivity contribution >= 4 is 22.6 Å². The summed E-state index contributed by atoms with van der Waals surface area (Å²) < 4.78 is 10.6. The molecule has 21 heavy (non-hydrogen) atoms. The zero-order chi connectivity index (χ0) is 15.4. The van der Waals surface area contributed by atoms with Gasteiger partial charge in [-0.1, -0.05) is 11.8 Å². The van der Waals surface area contributed by atoms with Crippen molar-refractivity contribution in [3.8, 4) is 17.6 Å². The fourth-order valence-electron chi connectivity index (χ4n) is 2.24. The van der Waals surface area contributed by atoms with Gasteiger partial charge in [0.2, 0.25) is 0 Å². The molecule has 0 saturated heterocycles. The number of amidine groups is 1.